The summed E-state index contributed by atoms with van der Waals surface area (Å²) in [6, 6.07) is 0.606. The van der Waals surface area contributed by atoms with Gasteiger partial charge in [0, 0.05) is 24.9 Å². The van der Waals surface area contributed by atoms with Crippen molar-refractivity contribution in [3.63, 3.8) is 0 Å². The van der Waals surface area contributed by atoms with Gasteiger partial charge < -0.3 is 21.1 Å². The maximum atomic E-state index is 11.7. The number of aromatic nitrogens is 2. The quantitative estimate of drug-likeness (QED) is 0.658. The summed E-state index contributed by atoms with van der Waals surface area (Å²) in [6.45, 7) is 4.95. The molecule has 2 saturated carbocycles. The third-order valence-corrected chi connectivity index (χ3v) is 5.69. The van der Waals surface area contributed by atoms with Crippen molar-refractivity contribution >= 4 is 17.7 Å². The van der Waals surface area contributed by atoms with Crippen molar-refractivity contribution in [2.24, 2.45) is 11.7 Å². The third-order valence-electron chi connectivity index (χ3n) is 5.69. The lowest BCUT2D eigenvalue weighted by Crippen LogP contribution is -2.33. The second-order valence-electron chi connectivity index (χ2n) is 7.52. The Morgan fingerprint density at radius 1 is 1.31 bits per heavy atom. The van der Waals surface area contributed by atoms with Crippen molar-refractivity contribution in [1.82, 2.24) is 9.97 Å². The van der Waals surface area contributed by atoms with E-state index in [1.165, 1.54) is 25.5 Å². The molecule has 0 radical (unpaired) electrons. The first-order valence-corrected chi connectivity index (χ1v) is 9.88. The number of ether oxygens (including phenoxy) is 1. The fraction of sp³-hybridized carbons (Fsp3) is 0.737. The first-order chi connectivity index (χ1) is 12.6. The molecular formula is C19H31N5O2. The van der Waals surface area contributed by atoms with Crippen LogP contribution in [0.3, 0.4) is 0 Å². The van der Waals surface area contributed by atoms with Crippen LogP contribution in [0.5, 0.6) is 0 Å². The topological polar surface area (TPSA) is 102 Å². The van der Waals surface area contributed by atoms with E-state index in [4.69, 9.17) is 10.5 Å². The Balaban J connectivity index is 1.64. The SMILES string of the molecule is CCO[C@H]1CC[C@H](Nc2ncc(C(N)=O)c(N[C@H](C)C3CCC3)n2)CC1. The first-order valence-electron chi connectivity index (χ1n) is 9.88. The molecule has 4 N–H and O–H groups in total. The highest BCUT2D eigenvalue weighted by atomic mass is 16.5. The fourth-order valence-electron chi connectivity index (χ4n) is 3.81. The van der Waals surface area contributed by atoms with Gasteiger partial charge >= 0.3 is 0 Å². The summed E-state index contributed by atoms with van der Waals surface area (Å²) in [5, 5.41) is 6.79. The maximum absolute atomic E-state index is 11.7. The van der Waals surface area contributed by atoms with Gasteiger partial charge in [-0.3, -0.25) is 4.79 Å². The van der Waals surface area contributed by atoms with Gasteiger partial charge in [-0.05, 0) is 58.3 Å². The lowest BCUT2D eigenvalue weighted by molar-refractivity contribution is 0.0346. The lowest BCUT2D eigenvalue weighted by atomic mass is 9.80. The van der Waals surface area contributed by atoms with E-state index in [2.05, 4.69) is 27.5 Å². The molecule has 0 saturated heterocycles. The molecule has 1 amide bonds. The number of hydrogen-bond acceptors (Lipinski definition) is 6. The van der Waals surface area contributed by atoms with Crippen molar-refractivity contribution < 1.29 is 9.53 Å². The zero-order valence-corrected chi connectivity index (χ0v) is 15.8. The summed E-state index contributed by atoms with van der Waals surface area (Å²) >= 11 is 0. The van der Waals surface area contributed by atoms with Crippen LogP contribution in [-0.4, -0.2) is 40.7 Å². The fourth-order valence-corrected chi connectivity index (χ4v) is 3.81. The summed E-state index contributed by atoms with van der Waals surface area (Å²) in [4.78, 5) is 20.6. The van der Waals surface area contributed by atoms with E-state index in [1.54, 1.807) is 0 Å². The summed E-state index contributed by atoms with van der Waals surface area (Å²) in [5.74, 6) is 1.23. The average Bonchev–Trinajstić information content (AvgIpc) is 2.55. The number of primary amides is 1. The highest BCUT2D eigenvalue weighted by Gasteiger charge is 2.26. The zero-order chi connectivity index (χ0) is 18.5. The molecule has 7 nitrogen and oxygen atoms in total. The number of carbonyl (C=O) groups is 1. The molecule has 2 aliphatic carbocycles. The maximum Gasteiger partial charge on any atom is 0.254 e. The van der Waals surface area contributed by atoms with Crippen LogP contribution >= 0.6 is 0 Å². The highest BCUT2D eigenvalue weighted by molar-refractivity contribution is 5.97. The van der Waals surface area contributed by atoms with Gasteiger partial charge in [-0.2, -0.15) is 4.98 Å². The minimum atomic E-state index is -0.503. The minimum Gasteiger partial charge on any atom is -0.379 e. The molecule has 1 heterocycles. The van der Waals surface area contributed by atoms with Gasteiger partial charge in [0.25, 0.3) is 5.91 Å². The van der Waals surface area contributed by atoms with Crippen molar-refractivity contribution in [2.75, 3.05) is 17.2 Å². The van der Waals surface area contributed by atoms with Gasteiger partial charge in [0.1, 0.15) is 5.82 Å². The number of nitrogens with zero attached hydrogens (tertiary/aromatic N) is 2. The summed E-state index contributed by atoms with van der Waals surface area (Å²) in [6.07, 6.45) is 9.79. The summed E-state index contributed by atoms with van der Waals surface area (Å²) in [7, 11) is 0. The Morgan fingerprint density at radius 2 is 2.04 bits per heavy atom. The number of amides is 1. The zero-order valence-electron chi connectivity index (χ0n) is 15.8. The van der Waals surface area contributed by atoms with Crippen LogP contribution < -0.4 is 16.4 Å². The lowest BCUT2D eigenvalue weighted by Gasteiger charge is -2.32. The molecule has 2 fully saturated rings. The molecule has 1 aromatic rings. The third kappa shape index (κ3) is 4.63. The monoisotopic (exact) mass is 361 g/mol. The molecule has 144 valence electrons. The molecule has 0 aromatic carbocycles. The predicted octanol–water partition coefficient (Wildman–Crippen LogP) is 2.94. The Bertz CT molecular complexity index is 612. The Labute approximate surface area is 155 Å². The molecule has 0 unspecified atom stereocenters. The summed E-state index contributed by atoms with van der Waals surface area (Å²) < 4.78 is 5.70. The standard InChI is InChI=1S/C19H31N5O2/c1-3-26-15-9-7-14(8-10-15)23-19-21-11-16(17(20)25)18(24-19)22-12(2)13-5-4-6-13/h11-15H,3-10H2,1-2H3,(H2,20,25)(H2,21,22,23,24)/t12-,14-,15-/m1/s1. The van der Waals surface area contributed by atoms with Crippen LogP contribution in [0.1, 0.15) is 69.2 Å². The first kappa shape index (κ1) is 18.9. The van der Waals surface area contributed by atoms with Gasteiger partial charge in [-0.25, -0.2) is 4.98 Å². The van der Waals surface area contributed by atoms with Gasteiger partial charge in [-0.1, -0.05) is 6.42 Å². The summed E-state index contributed by atoms with van der Waals surface area (Å²) in [5.41, 5.74) is 5.85. The van der Waals surface area contributed by atoms with Crippen LogP contribution in [0.2, 0.25) is 0 Å². The van der Waals surface area contributed by atoms with Gasteiger partial charge in [-0.15, -0.1) is 0 Å². The van der Waals surface area contributed by atoms with Crippen LogP contribution in [-0.2, 0) is 4.74 Å². The number of nitrogens with one attached hydrogen (secondary N) is 2. The molecule has 1 aromatic heterocycles. The second-order valence-corrected chi connectivity index (χ2v) is 7.52. The van der Waals surface area contributed by atoms with E-state index < -0.39 is 5.91 Å². The normalized spacial score (nSPS) is 24.5. The number of hydrogen-bond donors (Lipinski definition) is 3. The van der Waals surface area contributed by atoms with E-state index in [9.17, 15) is 4.79 Å². The number of anilines is 2. The van der Waals surface area contributed by atoms with Crippen LogP contribution in [0.15, 0.2) is 6.20 Å². The van der Waals surface area contributed by atoms with Crippen molar-refractivity contribution in [2.45, 2.75) is 77.0 Å². The van der Waals surface area contributed by atoms with Gasteiger partial charge in [0.05, 0.1) is 11.7 Å². The van der Waals surface area contributed by atoms with Crippen molar-refractivity contribution in [1.29, 1.82) is 0 Å². The number of rotatable bonds is 8. The average molecular weight is 361 g/mol. The van der Waals surface area contributed by atoms with Crippen LogP contribution in [0.4, 0.5) is 11.8 Å². The van der Waals surface area contributed by atoms with Crippen molar-refractivity contribution in [3.05, 3.63) is 11.8 Å². The smallest absolute Gasteiger partial charge is 0.254 e. The van der Waals surface area contributed by atoms with Crippen LogP contribution in [0.25, 0.3) is 0 Å². The van der Waals surface area contributed by atoms with E-state index in [0.717, 1.165) is 32.3 Å². The minimum absolute atomic E-state index is 0.270. The van der Waals surface area contributed by atoms with E-state index in [1.807, 2.05) is 6.92 Å². The van der Waals surface area contributed by atoms with Crippen LogP contribution in [0, 0.1) is 5.92 Å². The number of nitrogens with two attached hydrogens (primary N) is 1. The largest absolute Gasteiger partial charge is 0.379 e. The molecule has 7 heteroatoms. The molecule has 26 heavy (non-hydrogen) atoms. The molecule has 1 atom stereocenters. The van der Waals surface area contributed by atoms with Crippen molar-refractivity contribution in [3.8, 4) is 0 Å². The molecular weight excluding hydrogens is 330 g/mol. The van der Waals surface area contributed by atoms with E-state index in [-0.39, 0.29) is 6.04 Å². The Kier molecular flexibility index (Phi) is 6.29. The Morgan fingerprint density at radius 3 is 2.62 bits per heavy atom. The van der Waals surface area contributed by atoms with Gasteiger partial charge in [0.15, 0.2) is 0 Å². The van der Waals surface area contributed by atoms with Gasteiger partial charge in [0.2, 0.25) is 5.95 Å². The second kappa shape index (κ2) is 8.66. The van der Waals surface area contributed by atoms with E-state index >= 15 is 0 Å². The Hall–Kier alpha value is -1.89. The van der Waals surface area contributed by atoms with E-state index in [0.29, 0.717) is 35.4 Å². The predicted molar refractivity (Wildman–Crippen MR) is 102 cm³/mol. The molecule has 0 bridgehead atoms. The molecule has 3 rings (SSSR count). The number of carbonyl (C=O) groups excluding carboxylic acids is 1. The highest BCUT2D eigenvalue weighted by Crippen LogP contribution is 2.31. The molecule has 0 spiro atoms. The molecule has 0 aliphatic heterocycles. The molecule has 2 aliphatic rings.